The van der Waals surface area contributed by atoms with Gasteiger partial charge in [0.25, 0.3) is 5.91 Å². The molecule has 2 aromatic carbocycles. The number of carbonyl (C=O) groups is 1. The van der Waals surface area contributed by atoms with Gasteiger partial charge in [0.2, 0.25) is 0 Å². The van der Waals surface area contributed by atoms with E-state index in [9.17, 15) is 13.2 Å². The normalized spacial score (nSPS) is 18.2. The summed E-state index contributed by atoms with van der Waals surface area (Å²) >= 11 is 0. The van der Waals surface area contributed by atoms with Crippen molar-refractivity contribution >= 4 is 15.7 Å². The fraction of sp³-hybridized carbons (Fsp3) is 0.409. The molecule has 3 rings (SSSR count). The summed E-state index contributed by atoms with van der Waals surface area (Å²) in [4.78, 5) is 14.6. The average molecular weight is 402 g/mol. The second-order valence-corrected chi connectivity index (χ2v) is 9.81. The smallest absolute Gasteiger partial charge is 0.261 e. The van der Waals surface area contributed by atoms with Gasteiger partial charge in [-0.1, -0.05) is 56.3 Å². The second-order valence-electron chi connectivity index (χ2n) is 7.58. The Bertz CT molecular complexity index is 892. The van der Waals surface area contributed by atoms with Gasteiger partial charge in [0, 0.05) is 12.6 Å². The van der Waals surface area contributed by atoms with Crippen molar-refractivity contribution in [3.8, 4) is 5.75 Å². The fourth-order valence-corrected chi connectivity index (χ4v) is 5.12. The molecule has 0 bridgehead atoms. The van der Waals surface area contributed by atoms with Gasteiger partial charge in [0.05, 0.1) is 11.5 Å². The molecular weight excluding hydrogens is 374 g/mol. The van der Waals surface area contributed by atoms with E-state index in [0.717, 1.165) is 5.56 Å². The summed E-state index contributed by atoms with van der Waals surface area (Å²) in [7, 11) is -3.09. The molecule has 1 fully saturated rings. The van der Waals surface area contributed by atoms with Gasteiger partial charge in [-0.2, -0.15) is 0 Å². The predicted octanol–water partition coefficient (Wildman–Crippen LogP) is 3.40. The first-order chi connectivity index (χ1) is 13.3. The molecule has 0 saturated carbocycles. The zero-order valence-corrected chi connectivity index (χ0v) is 17.2. The van der Waals surface area contributed by atoms with E-state index < -0.39 is 9.84 Å². The van der Waals surface area contributed by atoms with Crippen LogP contribution < -0.4 is 4.74 Å². The van der Waals surface area contributed by atoms with E-state index in [4.69, 9.17) is 4.74 Å². The lowest BCUT2D eigenvalue weighted by atomic mass is 10.0. The molecule has 1 saturated heterocycles. The molecule has 1 amide bonds. The third-order valence-electron chi connectivity index (χ3n) is 5.07. The largest absolute Gasteiger partial charge is 0.484 e. The maximum atomic E-state index is 12.9. The van der Waals surface area contributed by atoms with Crippen LogP contribution in [0.3, 0.4) is 0 Å². The van der Waals surface area contributed by atoms with E-state index >= 15 is 0 Å². The molecule has 28 heavy (non-hydrogen) atoms. The van der Waals surface area contributed by atoms with Crippen LogP contribution in [0.4, 0.5) is 0 Å². The predicted molar refractivity (Wildman–Crippen MR) is 110 cm³/mol. The molecule has 0 radical (unpaired) electrons. The standard InChI is InChI=1S/C22H27NO4S/c1-17(2)19-10-8-18(9-11-19)14-23(20-12-13-28(25,26)16-20)22(24)15-27-21-6-4-3-5-7-21/h3-11,17,20H,12-16H2,1-2H3/t20-/m0/s1. The van der Waals surface area contributed by atoms with Crippen LogP contribution in [0.2, 0.25) is 0 Å². The van der Waals surface area contributed by atoms with Crippen LogP contribution >= 0.6 is 0 Å². The lowest BCUT2D eigenvalue weighted by Gasteiger charge is -2.28. The first-order valence-electron chi connectivity index (χ1n) is 9.60. The van der Waals surface area contributed by atoms with Gasteiger partial charge in [-0.25, -0.2) is 8.42 Å². The van der Waals surface area contributed by atoms with Crippen LogP contribution in [-0.2, 0) is 21.2 Å². The summed E-state index contributed by atoms with van der Waals surface area (Å²) in [6, 6.07) is 17.0. The minimum atomic E-state index is -3.09. The quantitative estimate of drug-likeness (QED) is 0.713. The van der Waals surface area contributed by atoms with E-state index in [1.807, 2.05) is 30.3 Å². The van der Waals surface area contributed by atoms with Crippen molar-refractivity contribution in [3.05, 3.63) is 65.7 Å². The van der Waals surface area contributed by atoms with Crippen molar-refractivity contribution in [2.75, 3.05) is 18.1 Å². The Morgan fingerprint density at radius 2 is 1.79 bits per heavy atom. The maximum Gasteiger partial charge on any atom is 0.261 e. The molecule has 6 heteroatoms. The Balaban J connectivity index is 1.73. The number of ether oxygens (including phenoxy) is 1. The molecule has 0 spiro atoms. The third-order valence-corrected chi connectivity index (χ3v) is 6.82. The van der Waals surface area contributed by atoms with Crippen molar-refractivity contribution in [3.63, 3.8) is 0 Å². The number of hydrogen-bond acceptors (Lipinski definition) is 4. The van der Waals surface area contributed by atoms with Crippen LogP contribution in [0.1, 0.15) is 37.3 Å². The summed E-state index contributed by atoms with van der Waals surface area (Å²) in [6.07, 6.45) is 0.476. The Morgan fingerprint density at radius 1 is 1.11 bits per heavy atom. The molecule has 5 nitrogen and oxygen atoms in total. The number of para-hydroxylation sites is 1. The first-order valence-corrected chi connectivity index (χ1v) is 11.4. The Morgan fingerprint density at radius 3 is 2.36 bits per heavy atom. The maximum absolute atomic E-state index is 12.9. The van der Waals surface area contributed by atoms with Crippen molar-refractivity contribution < 1.29 is 17.9 Å². The number of nitrogens with zero attached hydrogens (tertiary/aromatic N) is 1. The number of benzene rings is 2. The molecule has 1 aliphatic rings. The zero-order chi connectivity index (χ0) is 20.1. The van der Waals surface area contributed by atoms with Crippen molar-refractivity contribution in [1.29, 1.82) is 0 Å². The molecule has 2 aromatic rings. The van der Waals surface area contributed by atoms with Gasteiger partial charge in [-0.3, -0.25) is 4.79 Å². The topological polar surface area (TPSA) is 63.7 Å². The lowest BCUT2D eigenvalue weighted by molar-refractivity contribution is -0.136. The van der Waals surface area contributed by atoms with Crippen molar-refractivity contribution in [2.45, 2.75) is 38.8 Å². The number of rotatable bonds is 7. The van der Waals surface area contributed by atoms with Crippen molar-refractivity contribution in [1.82, 2.24) is 4.90 Å². The third kappa shape index (κ3) is 5.35. The molecule has 1 heterocycles. The van der Waals surface area contributed by atoms with E-state index in [1.54, 1.807) is 17.0 Å². The van der Waals surface area contributed by atoms with E-state index in [1.165, 1.54) is 5.56 Å². The highest BCUT2D eigenvalue weighted by Crippen LogP contribution is 2.22. The van der Waals surface area contributed by atoms with Gasteiger partial charge in [-0.05, 0) is 35.6 Å². The minimum absolute atomic E-state index is 0.0220. The Labute approximate surface area is 167 Å². The van der Waals surface area contributed by atoms with Crippen LogP contribution in [0.25, 0.3) is 0 Å². The van der Waals surface area contributed by atoms with Crippen molar-refractivity contribution in [2.24, 2.45) is 0 Å². The number of carbonyl (C=O) groups excluding carboxylic acids is 1. The first kappa shape index (κ1) is 20.4. The minimum Gasteiger partial charge on any atom is -0.484 e. The summed E-state index contributed by atoms with van der Waals surface area (Å²) in [6.45, 7) is 4.55. The molecule has 1 aliphatic heterocycles. The zero-order valence-electron chi connectivity index (χ0n) is 16.4. The Hall–Kier alpha value is -2.34. The van der Waals surface area contributed by atoms with Gasteiger partial charge >= 0.3 is 0 Å². The number of amides is 1. The van der Waals surface area contributed by atoms with Crippen LogP contribution in [0.5, 0.6) is 5.75 Å². The lowest BCUT2D eigenvalue weighted by Crippen LogP contribution is -2.43. The summed E-state index contributed by atoms with van der Waals surface area (Å²) in [5.74, 6) is 1.02. The summed E-state index contributed by atoms with van der Waals surface area (Å²) in [5.41, 5.74) is 2.22. The highest BCUT2D eigenvalue weighted by Gasteiger charge is 2.34. The van der Waals surface area contributed by atoms with Crippen LogP contribution in [-0.4, -0.2) is 43.4 Å². The van der Waals surface area contributed by atoms with Gasteiger partial charge in [0.15, 0.2) is 16.4 Å². The molecular formula is C22H27NO4S. The molecule has 0 unspecified atom stereocenters. The fourth-order valence-electron chi connectivity index (χ4n) is 3.39. The molecule has 0 aromatic heterocycles. The monoisotopic (exact) mass is 401 g/mol. The second kappa shape index (κ2) is 8.78. The van der Waals surface area contributed by atoms with Gasteiger partial charge < -0.3 is 9.64 Å². The van der Waals surface area contributed by atoms with Crippen LogP contribution in [0.15, 0.2) is 54.6 Å². The van der Waals surface area contributed by atoms with Gasteiger partial charge in [0.1, 0.15) is 5.75 Å². The average Bonchev–Trinajstić information content (AvgIpc) is 3.05. The number of hydrogen-bond donors (Lipinski definition) is 0. The van der Waals surface area contributed by atoms with E-state index in [0.29, 0.717) is 24.6 Å². The number of sulfone groups is 1. The highest BCUT2D eigenvalue weighted by molar-refractivity contribution is 7.91. The molecule has 150 valence electrons. The molecule has 0 aliphatic carbocycles. The van der Waals surface area contributed by atoms with E-state index in [-0.39, 0.29) is 30.1 Å². The molecule has 1 atom stereocenters. The van der Waals surface area contributed by atoms with E-state index in [2.05, 4.69) is 26.0 Å². The summed E-state index contributed by atoms with van der Waals surface area (Å²) in [5, 5.41) is 0. The SMILES string of the molecule is CC(C)c1ccc(CN(C(=O)COc2ccccc2)[C@H]2CCS(=O)(=O)C2)cc1. The van der Waals surface area contributed by atoms with Gasteiger partial charge in [-0.15, -0.1) is 0 Å². The highest BCUT2D eigenvalue weighted by atomic mass is 32.2. The summed E-state index contributed by atoms with van der Waals surface area (Å²) < 4.78 is 29.5. The molecule has 0 N–H and O–H groups in total. The van der Waals surface area contributed by atoms with Crippen LogP contribution in [0, 0.1) is 0 Å². The Kier molecular flexibility index (Phi) is 6.39.